The van der Waals surface area contributed by atoms with Crippen LogP contribution in [0.3, 0.4) is 0 Å². The third-order valence-electron chi connectivity index (χ3n) is 3.42. The van der Waals surface area contributed by atoms with Gasteiger partial charge in [-0.15, -0.1) is 0 Å². The maximum Gasteiger partial charge on any atom is 0.288 e. The molecule has 0 unspecified atom stereocenters. The molecular weight excluding hydrogens is 264 g/mol. The molecule has 1 aliphatic carbocycles. The number of nitrogens with two attached hydrogens (primary N) is 1. The Balaban J connectivity index is 2.11. The van der Waals surface area contributed by atoms with E-state index in [0.717, 1.165) is 12.6 Å². The fourth-order valence-electron chi connectivity index (χ4n) is 2.00. The van der Waals surface area contributed by atoms with Gasteiger partial charge in [0, 0.05) is 6.07 Å². The maximum atomic E-state index is 10.7. The molecule has 1 aliphatic rings. The Morgan fingerprint density at radius 3 is 2.95 bits per heavy atom. The van der Waals surface area contributed by atoms with E-state index in [-0.39, 0.29) is 23.0 Å². The number of hydrogen-bond acceptors (Lipinski definition) is 6. The number of hydrogen-bond donors (Lipinski definition) is 2. The number of pyridine rings is 1. The SMILES string of the molecule is N/C(=N/O)c1cc([N+](=O)[O-])cnc1OCCC1CCC1. The van der Waals surface area contributed by atoms with Crippen LogP contribution in [0.1, 0.15) is 31.2 Å². The van der Waals surface area contributed by atoms with Crippen LogP contribution in [0.2, 0.25) is 0 Å². The molecule has 0 saturated heterocycles. The Morgan fingerprint density at radius 2 is 2.40 bits per heavy atom. The van der Waals surface area contributed by atoms with Crippen LogP contribution in [0.15, 0.2) is 17.4 Å². The molecule has 1 fully saturated rings. The van der Waals surface area contributed by atoms with Crippen LogP contribution < -0.4 is 10.5 Å². The Labute approximate surface area is 115 Å². The van der Waals surface area contributed by atoms with E-state index in [1.807, 2.05) is 0 Å². The Morgan fingerprint density at radius 1 is 1.65 bits per heavy atom. The van der Waals surface area contributed by atoms with Crippen molar-refractivity contribution in [1.82, 2.24) is 4.98 Å². The summed E-state index contributed by atoms with van der Waals surface area (Å²) in [7, 11) is 0. The normalized spacial score (nSPS) is 15.7. The zero-order valence-corrected chi connectivity index (χ0v) is 10.9. The molecule has 20 heavy (non-hydrogen) atoms. The highest BCUT2D eigenvalue weighted by Crippen LogP contribution is 2.29. The molecule has 0 bridgehead atoms. The lowest BCUT2D eigenvalue weighted by Crippen LogP contribution is -2.18. The third kappa shape index (κ3) is 3.14. The minimum Gasteiger partial charge on any atom is -0.477 e. The van der Waals surface area contributed by atoms with Gasteiger partial charge >= 0.3 is 0 Å². The van der Waals surface area contributed by atoms with Crippen molar-refractivity contribution in [3.8, 4) is 5.88 Å². The molecule has 0 spiro atoms. The number of nitro groups is 1. The Hall–Kier alpha value is -2.38. The molecule has 108 valence electrons. The molecule has 0 radical (unpaired) electrons. The summed E-state index contributed by atoms with van der Waals surface area (Å²) in [5.74, 6) is 0.561. The van der Waals surface area contributed by atoms with Crippen molar-refractivity contribution in [2.45, 2.75) is 25.7 Å². The predicted octanol–water partition coefficient (Wildman–Crippen LogP) is 1.65. The summed E-state index contributed by atoms with van der Waals surface area (Å²) in [5.41, 5.74) is 5.37. The lowest BCUT2D eigenvalue weighted by atomic mass is 9.83. The van der Waals surface area contributed by atoms with Crippen molar-refractivity contribution < 1.29 is 14.9 Å². The molecule has 0 aliphatic heterocycles. The molecule has 1 saturated carbocycles. The summed E-state index contributed by atoms with van der Waals surface area (Å²) in [6.45, 7) is 0.460. The van der Waals surface area contributed by atoms with Crippen molar-refractivity contribution in [1.29, 1.82) is 0 Å². The molecular formula is C12H16N4O4. The van der Waals surface area contributed by atoms with E-state index in [9.17, 15) is 10.1 Å². The van der Waals surface area contributed by atoms with E-state index >= 15 is 0 Å². The molecule has 1 heterocycles. The quantitative estimate of drug-likeness (QED) is 0.268. The maximum absolute atomic E-state index is 10.7. The Bertz CT molecular complexity index is 528. The third-order valence-corrected chi connectivity index (χ3v) is 3.42. The number of rotatable bonds is 6. The largest absolute Gasteiger partial charge is 0.477 e. The zero-order chi connectivity index (χ0) is 14.5. The molecule has 2 rings (SSSR count). The van der Waals surface area contributed by atoms with Crippen LogP contribution in [0.4, 0.5) is 5.69 Å². The molecule has 0 amide bonds. The van der Waals surface area contributed by atoms with Crippen molar-refractivity contribution >= 4 is 11.5 Å². The second-order valence-electron chi connectivity index (χ2n) is 4.72. The van der Waals surface area contributed by atoms with Crippen molar-refractivity contribution in [3.05, 3.63) is 27.9 Å². The molecule has 0 atom stereocenters. The highest BCUT2D eigenvalue weighted by Gasteiger charge is 2.19. The van der Waals surface area contributed by atoms with Crippen LogP contribution in [0.25, 0.3) is 0 Å². The van der Waals surface area contributed by atoms with Gasteiger partial charge in [0.05, 0.1) is 17.1 Å². The molecule has 8 nitrogen and oxygen atoms in total. The van der Waals surface area contributed by atoms with Gasteiger partial charge in [-0.05, 0) is 12.3 Å². The van der Waals surface area contributed by atoms with E-state index in [2.05, 4.69) is 10.1 Å². The number of ether oxygens (including phenoxy) is 1. The number of aromatic nitrogens is 1. The van der Waals surface area contributed by atoms with Gasteiger partial charge < -0.3 is 15.7 Å². The Kier molecular flexibility index (Phi) is 4.34. The first kappa shape index (κ1) is 14.0. The van der Waals surface area contributed by atoms with Crippen LogP contribution in [-0.4, -0.2) is 27.6 Å². The minimum absolute atomic E-state index is 0.121. The van der Waals surface area contributed by atoms with E-state index in [1.54, 1.807) is 0 Å². The van der Waals surface area contributed by atoms with E-state index in [4.69, 9.17) is 15.7 Å². The lowest BCUT2D eigenvalue weighted by molar-refractivity contribution is -0.385. The van der Waals surface area contributed by atoms with Gasteiger partial charge in [-0.1, -0.05) is 24.4 Å². The van der Waals surface area contributed by atoms with Crippen LogP contribution in [0.5, 0.6) is 5.88 Å². The topological polar surface area (TPSA) is 124 Å². The van der Waals surface area contributed by atoms with Crippen molar-refractivity contribution in [3.63, 3.8) is 0 Å². The molecule has 8 heteroatoms. The molecule has 1 aromatic rings. The van der Waals surface area contributed by atoms with E-state index < -0.39 is 4.92 Å². The van der Waals surface area contributed by atoms with Crippen LogP contribution in [0, 0.1) is 16.0 Å². The van der Waals surface area contributed by atoms with Gasteiger partial charge in [0.1, 0.15) is 6.20 Å². The summed E-state index contributed by atoms with van der Waals surface area (Å²) in [6, 6.07) is 1.18. The first-order chi connectivity index (χ1) is 9.61. The monoisotopic (exact) mass is 280 g/mol. The van der Waals surface area contributed by atoms with Gasteiger partial charge in [-0.25, -0.2) is 4.98 Å². The number of amidine groups is 1. The number of oxime groups is 1. The van der Waals surface area contributed by atoms with Gasteiger partial charge in [0.2, 0.25) is 5.88 Å². The van der Waals surface area contributed by atoms with Gasteiger partial charge in [-0.3, -0.25) is 10.1 Å². The zero-order valence-electron chi connectivity index (χ0n) is 10.9. The minimum atomic E-state index is -0.598. The fourth-order valence-corrected chi connectivity index (χ4v) is 2.00. The fraction of sp³-hybridized carbons (Fsp3) is 0.500. The van der Waals surface area contributed by atoms with Gasteiger partial charge in [0.25, 0.3) is 5.69 Å². The van der Waals surface area contributed by atoms with Crippen molar-refractivity contribution in [2.75, 3.05) is 6.61 Å². The highest BCUT2D eigenvalue weighted by atomic mass is 16.6. The summed E-state index contributed by atoms with van der Waals surface area (Å²) in [4.78, 5) is 14.0. The van der Waals surface area contributed by atoms with E-state index in [0.29, 0.717) is 12.5 Å². The molecule has 1 aromatic heterocycles. The van der Waals surface area contributed by atoms with Gasteiger partial charge in [0.15, 0.2) is 5.84 Å². The molecule has 0 aromatic carbocycles. The first-order valence-corrected chi connectivity index (χ1v) is 6.37. The van der Waals surface area contributed by atoms with E-state index in [1.165, 1.54) is 25.3 Å². The average Bonchev–Trinajstić information content (AvgIpc) is 2.40. The number of nitrogens with zero attached hydrogens (tertiary/aromatic N) is 3. The summed E-state index contributed by atoms with van der Waals surface area (Å²) in [5, 5.41) is 22.3. The highest BCUT2D eigenvalue weighted by molar-refractivity contribution is 5.99. The second kappa shape index (κ2) is 6.18. The molecule has 3 N–H and O–H groups in total. The smallest absolute Gasteiger partial charge is 0.288 e. The standard InChI is InChI=1S/C12H16N4O4/c13-11(15-17)10-6-9(16(18)19)7-14-12(10)20-5-4-8-2-1-3-8/h6-8,17H,1-5H2,(H2,13,15). The lowest BCUT2D eigenvalue weighted by Gasteiger charge is -2.24. The predicted molar refractivity (Wildman–Crippen MR) is 70.9 cm³/mol. The van der Waals surface area contributed by atoms with Crippen LogP contribution in [-0.2, 0) is 0 Å². The summed E-state index contributed by atoms with van der Waals surface area (Å²) < 4.78 is 5.50. The summed E-state index contributed by atoms with van der Waals surface area (Å²) >= 11 is 0. The average molecular weight is 280 g/mol. The van der Waals surface area contributed by atoms with Crippen molar-refractivity contribution in [2.24, 2.45) is 16.8 Å². The summed E-state index contributed by atoms with van der Waals surface area (Å²) in [6.07, 6.45) is 5.69. The van der Waals surface area contributed by atoms with Gasteiger partial charge in [-0.2, -0.15) is 0 Å². The van der Waals surface area contributed by atoms with Crippen LogP contribution >= 0.6 is 0 Å². The second-order valence-corrected chi connectivity index (χ2v) is 4.72. The first-order valence-electron chi connectivity index (χ1n) is 6.37.